The Morgan fingerprint density at radius 1 is 1.20 bits per heavy atom. The molecule has 4 N–H and O–H groups in total. The minimum Gasteiger partial charge on any atom is -0.383 e. The SMILES string of the molecule is C[C@@H](Sc1nc(N)cc(N)n1)C(=O)c1ccc(Cl)cc1. The fourth-order valence-electron chi connectivity index (χ4n) is 1.58. The van der Waals surface area contributed by atoms with Gasteiger partial charge in [-0.2, -0.15) is 0 Å². The minimum absolute atomic E-state index is 0.0312. The second-order valence-corrected chi connectivity index (χ2v) is 5.88. The molecule has 1 atom stereocenters. The van der Waals surface area contributed by atoms with Crippen molar-refractivity contribution in [3.63, 3.8) is 0 Å². The van der Waals surface area contributed by atoms with Crippen molar-refractivity contribution in [3.8, 4) is 0 Å². The van der Waals surface area contributed by atoms with Crippen molar-refractivity contribution in [2.24, 2.45) is 0 Å². The van der Waals surface area contributed by atoms with Crippen LogP contribution in [0.1, 0.15) is 17.3 Å². The number of nitrogen functional groups attached to an aromatic ring is 2. The third-order valence-electron chi connectivity index (χ3n) is 2.53. The van der Waals surface area contributed by atoms with Gasteiger partial charge in [0, 0.05) is 16.7 Å². The van der Waals surface area contributed by atoms with Crippen molar-refractivity contribution in [2.45, 2.75) is 17.3 Å². The Balaban J connectivity index is 2.13. The number of thioether (sulfide) groups is 1. The van der Waals surface area contributed by atoms with Gasteiger partial charge in [0.25, 0.3) is 0 Å². The Kier molecular flexibility index (Phi) is 4.46. The van der Waals surface area contributed by atoms with Gasteiger partial charge in [-0.3, -0.25) is 4.79 Å². The smallest absolute Gasteiger partial charge is 0.192 e. The first-order valence-electron chi connectivity index (χ1n) is 5.82. The molecule has 0 radical (unpaired) electrons. The Labute approximate surface area is 125 Å². The largest absolute Gasteiger partial charge is 0.383 e. The number of benzene rings is 1. The fraction of sp³-hybridized carbons (Fsp3) is 0.154. The first kappa shape index (κ1) is 14.6. The molecule has 20 heavy (non-hydrogen) atoms. The monoisotopic (exact) mass is 308 g/mol. The number of Topliss-reactive ketones (excluding diaryl/α,β-unsaturated/α-hetero) is 1. The van der Waals surface area contributed by atoms with Crippen LogP contribution in [0.15, 0.2) is 35.5 Å². The summed E-state index contributed by atoms with van der Waals surface area (Å²) in [6.07, 6.45) is 0. The molecule has 0 aliphatic heterocycles. The van der Waals surface area contributed by atoms with Crippen LogP contribution in [0.3, 0.4) is 0 Å². The highest BCUT2D eigenvalue weighted by atomic mass is 35.5. The molecule has 0 spiro atoms. The second-order valence-electron chi connectivity index (χ2n) is 4.13. The standard InChI is InChI=1S/C13H13ClN4OS/c1-7(12(19)8-2-4-9(14)5-3-8)20-13-17-10(15)6-11(16)18-13/h2-7H,1H3,(H4,15,16,17,18)/t7-/m1/s1. The number of nitrogens with zero attached hydrogens (tertiary/aromatic N) is 2. The van der Waals surface area contributed by atoms with Crippen LogP contribution in [0, 0.1) is 0 Å². The lowest BCUT2D eigenvalue weighted by Gasteiger charge is -2.10. The zero-order chi connectivity index (χ0) is 14.7. The molecule has 5 nitrogen and oxygen atoms in total. The van der Waals surface area contributed by atoms with Gasteiger partial charge < -0.3 is 11.5 Å². The van der Waals surface area contributed by atoms with E-state index in [-0.39, 0.29) is 22.7 Å². The van der Waals surface area contributed by atoms with Crippen molar-refractivity contribution >= 4 is 40.8 Å². The van der Waals surface area contributed by atoms with E-state index in [9.17, 15) is 4.79 Å². The Bertz CT molecular complexity index is 613. The summed E-state index contributed by atoms with van der Waals surface area (Å²) in [6.45, 7) is 1.78. The third-order valence-corrected chi connectivity index (χ3v) is 3.74. The lowest BCUT2D eigenvalue weighted by atomic mass is 10.1. The molecule has 1 aromatic heterocycles. The number of ketones is 1. The van der Waals surface area contributed by atoms with Gasteiger partial charge in [-0.15, -0.1) is 0 Å². The third kappa shape index (κ3) is 3.61. The number of aromatic nitrogens is 2. The number of carbonyl (C=O) groups is 1. The van der Waals surface area contributed by atoms with E-state index in [1.54, 1.807) is 31.2 Å². The fourth-order valence-corrected chi connectivity index (χ4v) is 2.58. The summed E-state index contributed by atoms with van der Waals surface area (Å²) in [5.41, 5.74) is 11.8. The van der Waals surface area contributed by atoms with Crippen LogP contribution in [-0.2, 0) is 0 Å². The Hall–Kier alpha value is -1.79. The number of hydrogen-bond acceptors (Lipinski definition) is 6. The van der Waals surface area contributed by atoms with Crippen LogP contribution in [0.25, 0.3) is 0 Å². The van der Waals surface area contributed by atoms with Crippen LogP contribution in [0.2, 0.25) is 5.02 Å². The van der Waals surface area contributed by atoms with E-state index in [0.717, 1.165) is 0 Å². The lowest BCUT2D eigenvalue weighted by molar-refractivity contribution is 0.0994. The molecule has 7 heteroatoms. The molecule has 0 saturated carbocycles. The lowest BCUT2D eigenvalue weighted by Crippen LogP contribution is -2.14. The maximum absolute atomic E-state index is 12.2. The zero-order valence-corrected chi connectivity index (χ0v) is 12.3. The summed E-state index contributed by atoms with van der Waals surface area (Å²) in [6, 6.07) is 8.21. The van der Waals surface area contributed by atoms with Crippen LogP contribution in [0.4, 0.5) is 11.6 Å². The van der Waals surface area contributed by atoms with Crippen LogP contribution in [0.5, 0.6) is 0 Å². The molecular weight excluding hydrogens is 296 g/mol. The maximum atomic E-state index is 12.2. The Morgan fingerprint density at radius 2 is 1.75 bits per heavy atom. The molecular formula is C13H13ClN4OS. The molecule has 104 valence electrons. The number of carbonyl (C=O) groups excluding carboxylic acids is 1. The summed E-state index contributed by atoms with van der Waals surface area (Å²) in [5, 5.41) is 0.628. The highest BCUT2D eigenvalue weighted by molar-refractivity contribution is 8.00. The molecule has 0 unspecified atom stereocenters. The number of halogens is 1. The summed E-state index contributed by atoms with van der Waals surface area (Å²) in [7, 11) is 0. The summed E-state index contributed by atoms with van der Waals surface area (Å²) in [4.78, 5) is 20.3. The van der Waals surface area contributed by atoms with Gasteiger partial charge in [-0.25, -0.2) is 9.97 Å². The molecule has 0 saturated heterocycles. The first-order chi connectivity index (χ1) is 9.45. The first-order valence-corrected chi connectivity index (χ1v) is 7.08. The summed E-state index contributed by atoms with van der Waals surface area (Å²) in [5.74, 6) is 0.536. The second kappa shape index (κ2) is 6.11. The van der Waals surface area contributed by atoms with Gasteiger partial charge in [0.05, 0.1) is 5.25 Å². The van der Waals surface area contributed by atoms with E-state index in [4.69, 9.17) is 23.1 Å². The number of rotatable bonds is 4. The molecule has 1 aromatic carbocycles. The molecule has 2 aromatic rings. The maximum Gasteiger partial charge on any atom is 0.192 e. The van der Waals surface area contributed by atoms with Gasteiger partial charge in [0.2, 0.25) is 0 Å². The van der Waals surface area contributed by atoms with E-state index in [0.29, 0.717) is 15.7 Å². The topological polar surface area (TPSA) is 94.9 Å². The predicted octanol–water partition coefficient (Wildman–Crippen LogP) is 2.66. The van der Waals surface area contributed by atoms with E-state index >= 15 is 0 Å². The normalized spacial score (nSPS) is 12.1. The molecule has 0 amide bonds. The average Bonchev–Trinajstić information content (AvgIpc) is 2.37. The van der Waals surface area contributed by atoms with Gasteiger partial charge in [-0.1, -0.05) is 23.4 Å². The minimum atomic E-state index is -0.350. The van der Waals surface area contributed by atoms with E-state index in [1.165, 1.54) is 17.8 Å². The predicted molar refractivity (Wildman–Crippen MR) is 82.0 cm³/mol. The average molecular weight is 309 g/mol. The van der Waals surface area contributed by atoms with Crippen molar-refractivity contribution < 1.29 is 4.79 Å². The van der Waals surface area contributed by atoms with Crippen molar-refractivity contribution in [2.75, 3.05) is 11.5 Å². The number of hydrogen-bond donors (Lipinski definition) is 2. The quantitative estimate of drug-likeness (QED) is 0.512. The molecule has 0 fully saturated rings. The molecule has 1 heterocycles. The van der Waals surface area contributed by atoms with Gasteiger partial charge in [-0.05, 0) is 31.2 Å². The zero-order valence-electron chi connectivity index (χ0n) is 10.7. The van der Waals surface area contributed by atoms with Crippen molar-refractivity contribution in [3.05, 3.63) is 40.9 Å². The van der Waals surface area contributed by atoms with Crippen LogP contribution >= 0.6 is 23.4 Å². The number of anilines is 2. The van der Waals surface area contributed by atoms with E-state index in [2.05, 4.69) is 9.97 Å². The van der Waals surface area contributed by atoms with Crippen LogP contribution in [-0.4, -0.2) is 21.0 Å². The van der Waals surface area contributed by atoms with Gasteiger partial charge in [0.1, 0.15) is 11.6 Å². The van der Waals surface area contributed by atoms with Crippen molar-refractivity contribution in [1.82, 2.24) is 9.97 Å². The van der Waals surface area contributed by atoms with Crippen LogP contribution < -0.4 is 11.5 Å². The Morgan fingerprint density at radius 3 is 2.30 bits per heavy atom. The highest BCUT2D eigenvalue weighted by Crippen LogP contribution is 2.24. The van der Waals surface area contributed by atoms with E-state index in [1.807, 2.05) is 0 Å². The molecule has 0 bridgehead atoms. The van der Waals surface area contributed by atoms with Gasteiger partial charge in [0.15, 0.2) is 10.9 Å². The molecule has 0 aliphatic rings. The summed E-state index contributed by atoms with van der Waals surface area (Å²) < 4.78 is 0. The summed E-state index contributed by atoms with van der Waals surface area (Å²) >= 11 is 7.01. The van der Waals surface area contributed by atoms with Crippen molar-refractivity contribution in [1.29, 1.82) is 0 Å². The van der Waals surface area contributed by atoms with Gasteiger partial charge >= 0.3 is 0 Å². The number of nitrogens with two attached hydrogens (primary N) is 2. The molecule has 2 rings (SSSR count). The highest BCUT2D eigenvalue weighted by Gasteiger charge is 2.18. The molecule has 0 aliphatic carbocycles. The van der Waals surface area contributed by atoms with E-state index < -0.39 is 0 Å².